The Labute approximate surface area is 146 Å². The second-order valence-electron chi connectivity index (χ2n) is 6.63. The summed E-state index contributed by atoms with van der Waals surface area (Å²) < 4.78 is 0. The van der Waals surface area contributed by atoms with Crippen LogP contribution in [0.1, 0.15) is 42.6 Å². The molecule has 0 radical (unpaired) electrons. The summed E-state index contributed by atoms with van der Waals surface area (Å²) in [5.74, 6) is -0.0390. The third-order valence-electron chi connectivity index (χ3n) is 4.98. The molecule has 2 fully saturated rings. The first-order valence-corrected chi connectivity index (χ1v) is 8.65. The number of amides is 3. The van der Waals surface area contributed by atoms with Crippen LogP contribution in [0.3, 0.4) is 0 Å². The van der Waals surface area contributed by atoms with Crippen LogP contribution in [0.4, 0.5) is 0 Å². The smallest absolute Gasteiger partial charge is 0.274 e. The Morgan fingerprint density at radius 2 is 2.00 bits per heavy atom. The molecule has 3 rings (SSSR count). The van der Waals surface area contributed by atoms with Gasteiger partial charge in [-0.25, -0.2) is 4.98 Å². The van der Waals surface area contributed by atoms with Gasteiger partial charge in [-0.05, 0) is 19.3 Å². The van der Waals surface area contributed by atoms with E-state index in [1.54, 1.807) is 16.8 Å². The fourth-order valence-corrected chi connectivity index (χ4v) is 3.40. The minimum atomic E-state index is -0.121. The van der Waals surface area contributed by atoms with Crippen LogP contribution in [-0.4, -0.2) is 69.7 Å². The van der Waals surface area contributed by atoms with Gasteiger partial charge in [0.1, 0.15) is 5.69 Å². The van der Waals surface area contributed by atoms with E-state index >= 15 is 0 Å². The van der Waals surface area contributed by atoms with Gasteiger partial charge >= 0.3 is 0 Å². The van der Waals surface area contributed by atoms with E-state index in [4.69, 9.17) is 0 Å². The Morgan fingerprint density at radius 3 is 2.60 bits per heavy atom. The summed E-state index contributed by atoms with van der Waals surface area (Å²) in [7, 11) is 1.75. The summed E-state index contributed by atoms with van der Waals surface area (Å²) in [4.78, 5) is 47.4. The second-order valence-corrected chi connectivity index (χ2v) is 6.63. The molecule has 134 valence electrons. The predicted molar refractivity (Wildman–Crippen MR) is 89.5 cm³/mol. The van der Waals surface area contributed by atoms with E-state index in [0.29, 0.717) is 31.6 Å². The number of hydrogen-bond acceptors (Lipinski definition) is 5. The normalized spacial score (nSPS) is 21.5. The fraction of sp³-hybridized carbons (Fsp3) is 0.588. The van der Waals surface area contributed by atoms with E-state index in [1.165, 1.54) is 18.6 Å². The zero-order valence-corrected chi connectivity index (χ0v) is 14.4. The summed E-state index contributed by atoms with van der Waals surface area (Å²) in [5, 5.41) is 3.04. The maximum absolute atomic E-state index is 12.3. The summed E-state index contributed by atoms with van der Waals surface area (Å²) >= 11 is 0. The van der Waals surface area contributed by atoms with Crippen LogP contribution in [0.2, 0.25) is 0 Å². The number of piperidine rings is 1. The van der Waals surface area contributed by atoms with Crippen molar-refractivity contribution < 1.29 is 14.4 Å². The number of aromatic nitrogens is 2. The molecule has 2 aliphatic heterocycles. The first-order valence-electron chi connectivity index (χ1n) is 8.65. The van der Waals surface area contributed by atoms with E-state index in [2.05, 4.69) is 15.3 Å². The molecule has 0 spiro atoms. The maximum Gasteiger partial charge on any atom is 0.274 e. The molecular formula is C17H23N5O3. The van der Waals surface area contributed by atoms with Crippen molar-refractivity contribution in [2.45, 2.75) is 44.2 Å². The lowest BCUT2D eigenvalue weighted by atomic mass is 10.0. The Morgan fingerprint density at radius 1 is 1.24 bits per heavy atom. The van der Waals surface area contributed by atoms with E-state index in [9.17, 15) is 14.4 Å². The molecule has 2 aliphatic rings. The molecule has 0 saturated carbocycles. The highest BCUT2D eigenvalue weighted by molar-refractivity contribution is 5.92. The molecule has 3 amide bonds. The summed E-state index contributed by atoms with van der Waals surface area (Å²) in [5.41, 5.74) is 0.346. The second kappa shape index (κ2) is 7.58. The van der Waals surface area contributed by atoms with Crippen LogP contribution >= 0.6 is 0 Å². The van der Waals surface area contributed by atoms with Gasteiger partial charge in [-0.2, -0.15) is 0 Å². The Balaban J connectivity index is 1.44. The number of rotatable bonds is 4. The summed E-state index contributed by atoms with van der Waals surface area (Å²) in [6.07, 6.45) is 7.56. The number of carbonyl (C=O) groups excluding carboxylic acids is 3. The van der Waals surface area contributed by atoms with Gasteiger partial charge in [-0.1, -0.05) is 0 Å². The van der Waals surface area contributed by atoms with Crippen LogP contribution < -0.4 is 5.32 Å². The predicted octanol–water partition coefficient (Wildman–Crippen LogP) is 0.208. The van der Waals surface area contributed by atoms with Crippen molar-refractivity contribution in [1.29, 1.82) is 0 Å². The third-order valence-corrected chi connectivity index (χ3v) is 4.98. The number of hydrogen-bond donors (Lipinski definition) is 1. The number of nitrogens with one attached hydrogen (secondary N) is 1. The monoisotopic (exact) mass is 345 g/mol. The molecule has 3 heterocycles. The van der Waals surface area contributed by atoms with Crippen molar-refractivity contribution in [3.8, 4) is 0 Å². The highest BCUT2D eigenvalue weighted by Crippen LogP contribution is 2.20. The van der Waals surface area contributed by atoms with Gasteiger partial charge in [0.25, 0.3) is 5.91 Å². The molecule has 2 saturated heterocycles. The molecule has 1 unspecified atom stereocenters. The molecule has 0 aliphatic carbocycles. The first kappa shape index (κ1) is 17.3. The molecule has 0 aromatic carbocycles. The highest BCUT2D eigenvalue weighted by atomic mass is 16.2. The summed E-state index contributed by atoms with van der Waals surface area (Å²) in [6, 6.07) is 0.0756. The first-order chi connectivity index (χ1) is 12.0. The molecule has 1 aromatic heterocycles. The fourth-order valence-electron chi connectivity index (χ4n) is 3.40. The van der Waals surface area contributed by atoms with Crippen molar-refractivity contribution >= 4 is 17.7 Å². The molecule has 0 bridgehead atoms. The van der Waals surface area contributed by atoms with Gasteiger partial charge < -0.3 is 15.1 Å². The summed E-state index contributed by atoms with van der Waals surface area (Å²) in [6.45, 7) is 1.17. The van der Waals surface area contributed by atoms with Gasteiger partial charge in [0, 0.05) is 57.5 Å². The van der Waals surface area contributed by atoms with Crippen LogP contribution in [0.15, 0.2) is 18.6 Å². The van der Waals surface area contributed by atoms with E-state index in [1.807, 2.05) is 0 Å². The number of carbonyl (C=O) groups is 3. The van der Waals surface area contributed by atoms with E-state index in [-0.39, 0.29) is 29.8 Å². The molecule has 25 heavy (non-hydrogen) atoms. The molecule has 8 heteroatoms. The Kier molecular flexibility index (Phi) is 5.25. The van der Waals surface area contributed by atoms with Crippen molar-refractivity contribution in [3.05, 3.63) is 24.3 Å². The lowest BCUT2D eigenvalue weighted by Crippen LogP contribution is -2.47. The van der Waals surface area contributed by atoms with Crippen molar-refractivity contribution in [1.82, 2.24) is 25.1 Å². The average molecular weight is 345 g/mol. The molecule has 8 nitrogen and oxygen atoms in total. The molecular weight excluding hydrogens is 322 g/mol. The lowest BCUT2D eigenvalue weighted by Gasteiger charge is -2.32. The Bertz CT molecular complexity index is 643. The minimum absolute atomic E-state index is 0.00539. The largest absolute Gasteiger partial charge is 0.353 e. The van der Waals surface area contributed by atoms with Gasteiger partial charge in [0.2, 0.25) is 11.8 Å². The average Bonchev–Trinajstić information content (AvgIpc) is 2.94. The van der Waals surface area contributed by atoms with Crippen LogP contribution in [-0.2, 0) is 9.59 Å². The van der Waals surface area contributed by atoms with Crippen molar-refractivity contribution in [2.75, 3.05) is 20.1 Å². The minimum Gasteiger partial charge on any atom is -0.353 e. The zero-order valence-electron chi connectivity index (χ0n) is 14.4. The van der Waals surface area contributed by atoms with Gasteiger partial charge in [0.15, 0.2) is 0 Å². The van der Waals surface area contributed by atoms with Crippen molar-refractivity contribution in [3.63, 3.8) is 0 Å². The van der Waals surface area contributed by atoms with E-state index in [0.717, 1.165) is 19.3 Å². The van der Waals surface area contributed by atoms with Gasteiger partial charge in [-0.15, -0.1) is 0 Å². The standard InChI is InChI=1S/C17H23N5O3/c1-21-13(2-3-16(21)24)10-15(23)20-12-4-8-22(9-5-12)17(25)14-11-18-6-7-19-14/h6-7,11-13H,2-5,8-10H2,1H3,(H,20,23). The number of nitrogens with zero attached hydrogens (tertiary/aromatic N) is 4. The van der Waals surface area contributed by atoms with Crippen LogP contribution in [0.5, 0.6) is 0 Å². The third kappa shape index (κ3) is 4.12. The van der Waals surface area contributed by atoms with Crippen molar-refractivity contribution in [2.24, 2.45) is 0 Å². The lowest BCUT2D eigenvalue weighted by molar-refractivity contribution is -0.128. The van der Waals surface area contributed by atoms with Gasteiger partial charge in [-0.3, -0.25) is 19.4 Å². The van der Waals surface area contributed by atoms with Crippen LogP contribution in [0, 0.1) is 0 Å². The van der Waals surface area contributed by atoms with E-state index < -0.39 is 0 Å². The quantitative estimate of drug-likeness (QED) is 0.841. The highest BCUT2D eigenvalue weighted by Gasteiger charge is 2.30. The Hall–Kier alpha value is -2.51. The molecule has 1 aromatic rings. The van der Waals surface area contributed by atoms with Gasteiger partial charge in [0.05, 0.1) is 6.20 Å². The molecule has 1 N–H and O–H groups in total. The molecule has 1 atom stereocenters. The maximum atomic E-state index is 12.3. The van der Waals surface area contributed by atoms with Crippen LogP contribution in [0.25, 0.3) is 0 Å². The zero-order chi connectivity index (χ0) is 17.8. The topological polar surface area (TPSA) is 95.5 Å². The number of likely N-dealkylation sites (tertiary alicyclic amines) is 2. The SMILES string of the molecule is CN1C(=O)CCC1CC(=O)NC1CCN(C(=O)c2cnccn2)CC1.